The highest BCUT2D eigenvalue weighted by atomic mass is 79.9. The third-order valence-corrected chi connectivity index (χ3v) is 6.44. The highest BCUT2D eigenvalue weighted by Gasteiger charge is 2.41. The van der Waals surface area contributed by atoms with Gasteiger partial charge in [-0.3, -0.25) is 0 Å². The average molecular weight is 521 g/mol. The topological polar surface area (TPSA) is 43.3 Å². The first-order valence-electron chi connectivity index (χ1n) is 11.8. The summed E-state index contributed by atoms with van der Waals surface area (Å²) in [6.45, 7) is 6.88. The number of hydrogen-bond acceptors (Lipinski definition) is 5. The fourth-order valence-corrected chi connectivity index (χ4v) is 4.78. The summed E-state index contributed by atoms with van der Waals surface area (Å²) in [6.07, 6.45) is 1.64. The van der Waals surface area contributed by atoms with E-state index in [9.17, 15) is 0 Å². The quantitative estimate of drug-likeness (QED) is 0.328. The molecule has 0 radical (unpaired) electrons. The molecule has 2 atom stereocenters. The van der Waals surface area contributed by atoms with Crippen LogP contribution in [0.4, 0.5) is 0 Å². The molecule has 0 fully saturated rings. The van der Waals surface area contributed by atoms with E-state index >= 15 is 0 Å². The molecule has 34 heavy (non-hydrogen) atoms. The van der Waals surface area contributed by atoms with Gasteiger partial charge in [0.25, 0.3) is 0 Å². The van der Waals surface area contributed by atoms with Gasteiger partial charge in [0.1, 0.15) is 17.2 Å². The molecule has 0 unspecified atom stereocenters. The van der Waals surface area contributed by atoms with Gasteiger partial charge in [-0.25, -0.2) is 5.01 Å². The third kappa shape index (κ3) is 4.64. The molecular formula is C28H29BrN2O3. The molecule has 0 saturated carbocycles. The van der Waals surface area contributed by atoms with Gasteiger partial charge in [0.05, 0.1) is 24.5 Å². The van der Waals surface area contributed by atoms with E-state index in [0.717, 1.165) is 57.0 Å². The van der Waals surface area contributed by atoms with Gasteiger partial charge in [0.2, 0.25) is 6.23 Å². The van der Waals surface area contributed by atoms with Crippen molar-refractivity contribution in [3.63, 3.8) is 0 Å². The highest BCUT2D eigenvalue weighted by Crippen LogP contribution is 2.48. The standard InChI is InChI=1S/C28H29BrN2O3/c1-4-15-32-22-10-7-20(8-11-22)28-31-26(24-16-21(29)9-14-27(24)34-28)17-25(30-31)19-5-12-23(13-6-19)33-18(2)3/h5-14,16,18,26,28H,4,15,17H2,1-3H3/t26-,28+/m0/s1. The molecule has 2 aliphatic rings. The van der Waals surface area contributed by atoms with Crippen LogP contribution in [0.3, 0.4) is 0 Å². The predicted octanol–water partition coefficient (Wildman–Crippen LogP) is 7.27. The Bertz CT molecular complexity index is 1180. The zero-order chi connectivity index (χ0) is 23.7. The minimum Gasteiger partial charge on any atom is -0.494 e. The van der Waals surface area contributed by atoms with Crippen molar-refractivity contribution >= 4 is 21.6 Å². The Balaban J connectivity index is 1.47. The number of hydrazone groups is 1. The molecule has 0 bridgehead atoms. The zero-order valence-corrected chi connectivity index (χ0v) is 21.3. The van der Waals surface area contributed by atoms with Crippen molar-refractivity contribution in [3.05, 3.63) is 87.9 Å². The Kier molecular flexibility index (Phi) is 6.50. The van der Waals surface area contributed by atoms with E-state index in [-0.39, 0.29) is 18.4 Å². The maximum Gasteiger partial charge on any atom is 0.213 e. The summed E-state index contributed by atoms with van der Waals surface area (Å²) >= 11 is 3.62. The lowest BCUT2D eigenvalue weighted by Crippen LogP contribution is -2.33. The summed E-state index contributed by atoms with van der Waals surface area (Å²) in [7, 11) is 0. The van der Waals surface area contributed by atoms with Crippen molar-refractivity contribution in [1.29, 1.82) is 0 Å². The number of nitrogens with zero attached hydrogens (tertiary/aromatic N) is 2. The van der Waals surface area contributed by atoms with E-state index in [1.807, 2.05) is 50.2 Å². The summed E-state index contributed by atoms with van der Waals surface area (Å²) in [4.78, 5) is 0. The molecule has 5 nitrogen and oxygen atoms in total. The molecule has 0 aromatic heterocycles. The number of hydrogen-bond donors (Lipinski definition) is 0. The Morgan fingerprint density at radius 1 is 1.03 bits per heavy atom. The second-order valence-electron chi connectivity index (χ2n) is 8.91. The summed E-state index contributed by atoms with van der Waals surface area (Å²) in [5.74, 6) is 2.64. The van der Waals surface area contributed by atoms with Gasteiger partial charge < -0.3 is 14.2 Å². The van der Waals surface area contributed by atoms with Crippen molar-refractivity contribution in [2.45, 2.75) is 52.0 Å². The van der Waals surface area contributed by atoms with E-state index in [1.54, 1.807) is 0 Å². The van der Waals surface area contributed by atoms with Gasteiger partial charge in [0.15, 0.2) is 0 Å². The highest BCUT2D eigenvalue weighted by molar-refractivity contribution is 9.10. The molecule has 6 heteroatoms. The largest absolute Gasteiger partial charge is 0.494 e. The predicted molar refractivity (Wildman–Crippen MR) is 138 cm³/mol. The number of ether oxygens (including phenoxy) is 3. The van der Waals surface area contributed by atoms with Crippen molar-refractivity contribution in [2.24, 2.45) is 5.10 Å². The first kappa shape index (κ1) is 22.8. The molecule has 176 valence electrons. The Hall–Kier alpha value is -2.99. The maximum atomic E-state index is 6.49. The molecule has 2 heterocycles. The fourth-order valence-electron chi connectivity index (χ4n) is 4.40. The van der Waals surface area contributed by atoms with E-state index in [2.05, 4.69) is 58.2 Å². The average Bonchev–Trinajstić information content (AvgIpc) is 3.29. The first-order valence-corrected chi connectivity index (χ1v) is 12.6. The van der Waals surface area contributed by atoms with E-state index in [1.165, 1.54) is 0 Å². The van der Waals surface area contributed by atoms with Crippen LogP contribution >= 0.6 is 15.9 Å². The zero-order valence-electron chi connectivity index (χ0n) is 19.7. The number of halogens is 1. The van der Waals surface area contributed by atoms with E-state index in [4.69, 9.17) is 19.3 Å². The molecule has 3 aromatic carbocycles. The lowest BCUT2D eigenvalue weighted by molar-refractivity contribution is -0.0191. The Morgan fingerprint density at radius 2 is 1.76 bits per heavy atom. The molecule has 5 rings (SSSR count). The summed E-state index contributed by atoms with van der Waals surface area (Å²) in [5.41, 5.74) is 4.34. The van der Waals surface area contributed by atoms with Gasteiger partial charge >= 0.3 is 0 Å². The molecule has 0 aliphatic carbocycles. The fraction of sp³-hybridized carbons (Fsp3) is 0.321. The summed E-state index contributed by atoms with van der Waals surface area (Å²) in [5, 5.41) is 7.17. The minimum absolute atomic E-state index is 0.101. The number of fused-ring (bicyclic) bond motifs is 3. The van der Waals surface area contributed by atoms with Gasteiger partial charge in [-0.2, -0.15) is 5.10 Å². The van der Waals surface area contributed by atoms with E-state index < -0.39 is 0 Å². The van der Waals surface area contributed by atoms with Crippen LogP contribution in [0.15, 0.2) is 76.3 Å². The van der Waals surface area contributed by atoms with Crippen LogP contribution in [0.1, 0.15) is 62.6 Å². The van der Waals surface area contributed by atoms with Gasteiger partial charge in [0, 0.05) is 22.0 Å². The normalized spacial score (nSPS) is 18.7. The summed E-state index contributed by atoms with van der Waals surface area (Å²) in [6, 6.07) is 22.7. The maximum absolute atomic E-state index is 6.49. The van der Waals surface area contributed by atoms with Crippen molar-refractivity contribution in [3.8, 4) is 17.2 Å². The van der Waals surface area contributed by atoms with Crippen molar-refractivity contribution < 1.29 is 14.2 Å². The monoisotopic (exact) mass is 520 g/mol. The molecule has 2 aliphatic heterocycles. The van der Waals surface area contributed by atoms with E-state index in [0.29, 0.717) is 6.61 Å². The Labute approximate surface area is 209 Å². The molecular weight excluding hydrogens is 492 g/mol. The SMILES string of the molecule is CCCOc1ccc([C@H]2Oc3ccc(Br)cc3[C@@H]3CC(c4ccc(OC(C)C)cc4)=NN23)cc1. The third-order valence-electron chi connectivity index (χ3n) is 5.95. The molecule has 0 N–H and O–H groups in total. The van der Waals surface area contributed by atoms with Gasteiger partial charge in [-0.05, 0) is 92.6 Å². The van der Waals surface area contributed by atoms with Crippen LogP contribution in [0, 0.1) is 0 Å². The van der Waals surface area contributed by atoms with Crippen LogP contribution in [0.2, 0.25) is 0 Å². The molecule has 0 saturated heterocycles. The molecule has 0 spiro atoms. The summed E-state index contributed by atoms with van der Waals surface area (Å²) < 4.78 is 19.1. The lowest BCUT2D eigenvalue weighted by Gasteiger charge is -2.38. The van der Waals surface area contributed by atoms with Gasteiger partial charge in [-0.15, -0.1) is 0 Å². The second-order valence-corrected chi connectivity index (χ2v) is 9.82. The van der Waals surface area contributed by atoms with Crippen LogP contribution in [0.5, 0.6) is 17.2 Å². The number of rotatable bonds is 7. The first-order chi connectivity index (χ1) is 16.5. The lowest BCUT2D eigenvalue weighted by atomic mass is 9.96. The van der Waals surface area contributed by atoms with Crippen LogP contribution < -0.4 is 14.2 Å². The smallest absolute Gasteiger partial charge is 0.213 e. The van der Waals surface area contributed by atoms with Crippen molar-refractivity contribution in [1.82, 2.24) is 5.01 Å². The van der Waals surface area contributed by atoms with Gasteiger partial charge in [-0.1, -0.05) is 22.9 Å². The van der Waals surface area contributed by atoms with Crippen LogP contribution in [-0.4, -0.2) is 23.4 Å². The Morgan fingerprint density at radius 3 is 2.47 bits per heavy atom. The second kappa shape index (κ2) is 9.71. The number of benzene rings is 3. The van der Waals surface area contributed by atoms with Crippen molar-refractivity contribution in [2.75, 3.05) is 6.61 Å². The molecule has 3 aromatic rings. The van der Waals surface area contributed by atoms with Crippen LogP contribution in [0.25, 0.3) is 0 Å². The minimum atomic E-state index is -0.306. The molecule has 0 amide bonds. The van der Waals surface area contributed by atoms with Crippen LogP contribution in [-0.2, 0) is 0 Å².